The van der Waals surface area contributed by atoms with Crippen molar-refractivity contribution in [3.8, 4) is 5.75 Å². The summed E-state index contributed by atoms with van der Waals surface area (Å²) >= 11 is 0. The Kier molecular flexibility index (Phi) is 6.92. The summed E-state index contributed by atoms with van der Waals surface area (Å²) in [6, 6.07) is 16.0. The van der Waals surface area contributed by atoms with Crippen LogP contribution in [0.25, 0.3) is 0 Å². The lowest BCUT2D eigenvalue weighted by Crippen LogP contribution is -2.43. The zero-order valence-electron chi connectivity index (χ0n) is 16.9. The monoisotopic (exact) mass is 416 g/mol. The fourth-order valence-corrected chi connectivity index (χ4v) is 5.02. The van der Waals surface area contributed by atoms with Crippen molar-refractivity contribution in [3.63, 3.8) is 0 Å². The third-order valence-corrected chi connectivity index (χ3v) is 7.17. The second kappa shape index (κ2) is 9.41. The molecular formula is C22H28N2O4S. The van der Waals surface area contributed by atoms with Crippen LogP contribution >= 0.6 is 0 Å². The molecule has 1 aliphatic rings. The lowest BCUT2D eigenvalue weighted by Gasteiger charge is -2.31. The van der Waals surface area contributed by atoms with E-state index in [0.717, 1.165) is 11.3 Å². The lowest BCUT2D eigenvalue weighted by molar-refractivity contribution is -0.126. The molecule has 156 valence electrons. The molecule has 2 aromatic rings. The van der Waals surface area contributed by atoms with Crippen molar-refractivity contribution in [2.45, 2.75) is 37.6 Å². The molecule has 2 aromatic carbocycles. The van der Waals surface area contributed by atoms with Gasteiger partial charge in [0, 0.05) is 19.0 Å². The van der Waals surface area contributed by atoms with Crippen LogP contribution in [0.3, 0.4) is 0 Å². The average Bonchev–Trinajstić information content (AvgIpc) is 2.75. The van der Waals surface area contributed by atoms with Crippen LogP contribution in [0.15, 0.2) is 59.5 Å². The maximum Gasteiger partial charge on any atom is 0.243 e. The number of piperidine rings is 1. The molecule has 3 rings (SSSR count). The van der Waals surface area contributed by atoms with Gasteiger partial charge in [-0.3, -0.25) is 4.79 Å². The first-order chi connectivity index (χ1) is 13.9. The first-order valence-electron chi connectivity index (χ1n) is 10.00. The van der Waals surface area contributed by atoms with Crippen molar-refractivity contribution in [2.24, 2.45) is 5.92 Å². The fraction of sp³-hybridized carbons (Fsp3) is 0.409. The first kappa shape index (κ1) is 21.3. The summed E-state index contributed by atoms with van der Waals surface area (Å²) < 4.78 is 32.4. The molecule has 0 radical (unpaired) electrons. The van der Waals surface area contributed by atoms with E-state index in [1.54, 1.807) is 30.3 Å². The van der Waals surface area contributed by atoms with Gasteiger partial charge in [-0.2, -0.15) is 4.31 Å². The van der Waals surface area contributed by atoms with Crippen LogP contribution in [-0.2, 0) is 14.8 Å². The highest BCUT2D eigenvalue weighted by atomic mass is 32.2. The first-order valence-corrected chi connectivity index (χ1v) is 11.4. The van der Waals surface area contributed by atoms with E-state index in [1.165, 1.54) is 4.31 Å². The maximum atomic E-state index is 12.7. The number of hydrogen-bond acceptors (Lipinski definition) is 4. The van der Waals surface area contributed by atoms with Gasteiger partial charge in [0.2, 0.25) is 15.9 Å². The molecule has 1 amide bonds. The number of carbonyl (C=O) groups excluding carboxylic acids is 1. The molecule has 1 aliphatic heterocycles. The van der Waals surface area contributed by atoms with Crippen LogP contribution in [0.5, 0.6) is 5.75 Å². The normalized spacial score (nSPS) is 16.9. The van der Waals surface area contributed by atoms with Gasteiger partial charge in [0.05, 0.1) is 17.5 Å². The minimum Gasteiger partial charge on any atom is -0.494 e. The van der Waals surface area contributed by atoms with Crippen molar-refractivity contribution in [1.82, 2.24) is 9.62 Å². The summed E-state index contributed by atoms with van der Waals surface area (Å²) in [5, 5.41) is 3.05. The highest BCUT2D eigenvalue weighted by Crippen LogP contribution is 2.25. The van der Waals surface area contributed by atoms with E-state index in [9.17, 15) is 13.2 Å². The lowest BCUT2D eigenvalue weighted by atomic mass is 9.96. The van der Waals surface area contributed by atoms with Gasteiger partial charge in [-0.25, -0.2) is 8.42 Å². The molecule has 0 spiro atoms. The van der Waals surface area contributed by atoms with Crippen LogP contribution in [0.1, 0.15) is 38.3 Å². The number of ether oxygens (including phenoxy) is 1. The van der Waals surface area contributed by atoms with Gasteiger partial charge < -0.3 is 10.1 Å². The molecule has 6 nitrogen and oxygen atoms in total. The summed E-state index contributed by atoms with van der Waals surface area (Å²) in [5.41, 5.74) is 1.01. The standard InChI is InChI=1S/C22H28N2O4S/c1-3-28-20-11-9-18(10-12-20)17(2)23-22(25)19-13-15-24(16-14-19)29(26,27)21-7-5-4-6-8-21/h4-12,17,19H,3,13-16H2,1-2H3,(H,23,25). The number of amides is 1. The Morgan fingerprint density at radius 2 is 1.72 bits per heavy atom. The van der Waals surface area contributed by atoms with Gasteiger partial charge in [-0.15, -0.1) is 0 Å². The van der Waals surface area contributed by atoms with E-state index in [4.69, 9.17) is 4.74 Å². The molecule has 0 aromatic heterocycles. The Morgan fingerprint density at radius 3 is 2.31 bits per heavy atom. The number of nitrogens with zero attached hydrogens (tertiary/aromatic N) is 1. The predicted molar refractivity (Wildman–Crippen MR) is 112 cm³/mol. The zero-order chi connectivity index (χ0) is 20.9. The van der Waals surface area contributed by atoms with Gasteiger partial charge in [-0.05, 0) is 56.5 Å². The third kappa shape index (κ3) is 5.16. The van der Waals surface area contributed by atoms with Gasteiger partial charge in [0.1, 0.15) is 5.75 Å². The van der Waals surface area contributed by atoms with E-state index in [2.05, 4.69) is 5.32 Å². The molecule has 7 heteroatoms. The summed E-state index contributed by atoms with van der Waals surface area (Å²) in [7, 11) is -3.50. The zero-order valence-corrected chi connectivity index (χ0v) is 17.7. The second-order valence-corrected chi connectivity index (χ2v) is 9.16. The SMILES string of the molecule is CCOc1ccc(C(C)NC(=O)C2CCN(S(=O)(=O)c3ccccc3)CC2)cc1. The molecule has 1 fully saturated rings. The second-order valence-electron chi connectivity index (χ2n) is 7.22. The Balaban J connectivity index is 1.54. The van der Waals surface area contributed by atoms with Crippen LogP contribution in [0, 0.1) is 5.92 Å². The number of nitrogens with one attached hydrogen (secondary N) is 1. The Hall–Kier alpha value is -2.38. The van der Waals surface area contributed by atoms with Crippen molar-refractivity contribution >= 4 is 15.9 Å². The quantitative estimate of drug-likeness (QED) is 0.751. The van der Waals surface area contributed by atoms with Crippen LogP contribution in [-0.4, -0.2) is 38.3 Å². The molecule has 1 heterocycles. The average molecular weight is 417 g/mol. The summed E-state index contributed by atoms with van der Waals surface area (Å²) in [6.07, 6.45) is 1.04. The van der Waals surface area contributed by atoms with Crippen LogP contribution < -0.4 is 10.1 Å². The number of sulfonamides is 1. The smallest absolute Gasteiger partial charge is 0.243 e. The van der Waals surface area contributed by atoms with Crippen molar-refractivity contribution in [1.29, 1.82) is 0 Å². The maximum absolute atomic E-state index is 12.7. The van der Waals surface area contributed by atoms with E-state index in [-0.39, 0.29) is 17.9 Å². The molecule has 1 unspecified atom stereocenters. The van der Waals surface area contributed by atoms with E-state index in [0.29, 0.717) is 37.4 Å². The minimum atomic E-state index is -3.50. The van der Waals surface area contributed by atoms with Crippen LogP contribution in [0.2, 0.25) is 0 Å². The predicted octanol–water partition coefficient (Wildman–Crippen LogP) is 3.36. The Bertz CT molecular complexity index is 906. The van der Waals surface area contributed by atoms with Crippen molar-refractivity contribution in [2.75, 3.05) is 19.7 Å². The topological polar surface area (TPSA) is 75.7 Å². The van der Waals surface area contributed by atoms with Gasteiger partial charge in [0.15, 0.2) is 0 Å². The third-order valence-electron chi connectivity index (χ3n) is 5.26. The summed E-state index contributed by atoms with van der Waals surface area (Å²) in [4.78, 5) is 13.0. The molecule has 29 heavy (non-hydrogen) atoms. The molecule has 1 atom stereocenters. The number of hydrogen-bond donors (Lipinski definition) is 1. The summed E-state index contributed by atoms with van der Waals surface area (Å²) in [5.74, 6) is 0.604. The van der Waals surface area contributed by atoms with E-state index >= 15 is 0 Å². The highest BCUT2D eigenvalue weighted by Gasteiger charge is 2.32. The Morgan fingerprint density at radius 1 is 1.10 bits per heavy atom. The highest BCUT2D eigenvalue weighted by molar-refractivity contribution is 7.89. The molecular weight excluding hydrogens is 388 g/mol. The van der Waals surface area contributed by atoms with E-state index in [1.807, 2.05) is 38.1 Å². The minimum absolute atomic E-state index is 0.0249. The Labute approximate surface area is 172 Å². The van der Waals surface area contributed by atoms with Crippen molar-refractivity contribution in [3.05, 3.63) is 60.2 Å². The summed E-state index contributed by atoms with van der Waals surface area (Å²) in [6.45, 7) is 5.21. The molecule has 1 saturated heterocycles. The number of rotatable bonds is 7. The number of benzene rings is 2. The van der Waals surface area contributed by atoms with Gasteiger partial charge in [-0.1, -0.05) is 30.3 Å². The largest absolute Gasteiger partial charge is 0.494 e. The molecule has 0 saturated carbocycles. The van der Waals surface area contributed by atoms with Gasteiger partial charge >= 0.3 is 0 Å². The van der Waals surface area contributed by atoms with Crippen LogP contribution in [0.4, 0.5) is 0 Å². The van der Waals surface area contributed by atoms with Crippen molar-refractivity contribution < 1.29 is 17.9 Å². The van der Waals surface area contributed by atoms with Gasteiger partial charge in [0.25, 0.3) is 0 Å². The molecule has 0 aliphatic carbocycles. The van der Waals surface area contributed by atoms with E-state index < -0.39 is 10.0 Å². The molecule has 1 N–H and O–H groups in total. The number of carbonyl (C=O) groups is 1. The molecule has 0 bridgehead atoms. The fourth-order valence-electron chi connectivity index (χ4n) is 3.53.